The van der Waals surface area contributed by atoms with E-state index in [1.807, 2.05) is 49.4 Å². The Labute approximate surface area is 220 Å². The number of hydrogen-bond acceptors (Lipinski definition) is 7. The lowest BCUT2D eigenvalue weighted by atomic mass is 9.75. The molecule has 8 nitrogen and oxygen atoms in total. The first-order valence-electron chi connectivity index (χ1n) is 12.3. The SMILES string of the molecule is CC(C)(C)OC(=O)NCc1nnc2ccc3cc(Sc4cccc(C5(C#N)CCOCC5)c4)ccc3n12. The summed E-state index contributed by atoms with van der Waals surface area (Å²) in [5.41, 5.74) is 1.66. The number of pyridine rings is 1. The predicted octanol–water partition coefficient (Wildman–Crippen LogP) is 5.63. The van der Waals surface area contributed by atoms with Crippen molar-refractivity contribution in [3.63, 3.8) is 0 Å². The molecule has 1 saturated heterocycles. The molecular formula is C28H29N5O3S. The van der Waals surface area contributed by atoms with Gasteiger partial charge in [-0.2, -0.15) is 5.26 Å². The number of benzene rings is 2. The number of nitrogens with zero attached hydrogens (tertiary/aromatic N) is 4. The highest BCUT2D eigenvalue weighted by atomic mass is 32.2. The molecule has 0 bridgehead atoms. The first-order valence-corrected chi connectivity index (χ1v) is 13.1. The van der Waals surface area contributed by atoms with Crippen LogP contribution in [-0.2, 0) is 21.4 Å². The van der Waals surface area contributed by atoms with E-state index < -0.39 is 17.1 Å². The molecule has 4 aromatic rings. The fourth-order valence-corrected chi connectivity index (χ4v) is 5.48. The number of carbonyl (C=O) groups excluding carboxylic acids is 1. The molecule has 1 N–H and O–H groups in total. The van der Waals surface area contributed by atoms with Crippen LogP contribution in [0.2, 0.25) is 0 Å². The second kappa shape index (κ2) is 10.0. The highest BCUT2D eigenvalue weighted by molar-refractivity contribution is 7.99. The van der Waals surface area contributed by atoms with E-state index in [0.29, 0.717) is 37.5 Å². The molecule has 0 unspecified atom stereocenters. The zero-order valence-electron chi connectivity index (χ0n) is 21.2. The maximum Gasteiger partial charge on any atom is 0.408 e. The number of fused-ring (bicyclic) bond motifs is 3. The molecule has 2 aromatic carbocycles. The minimum absolute atomic E-state index is 0.199. The van der Waals surface area contributed by atoms with Gasteiger partial charge in [0.05, 0.1) is 23.5 Å². The van der Waals surface area contributed by atoms with Crippen LogP contribution in [0.1, 0.15) is 45.0 Å². The summed E-state index contributed by atoms with van der Waals surface area (Å²) in [4.78, 5) is 14.3. The molecule has 37 heavy (non-hydrogen) atoms. The molecule has 0 aliphatic carbocycles. The van der Waals surface area contributed by atoms with Crippen LogP contribution in [0, 0.1) is 11.3 Å². The van der Waals surface area contributed by atoms with E-state index in [2.05, 4.69) is 51.9 Å². The summed E-state index contributed by atoms with van der Waals surface area (Å²) in [6.07, 6.45) is 0.936. The summed E-state index contributed by atoms with van der Waals surface area (Å²) >= 11 is 1.67. The van der Waals surface area contributed by atoms with Crippen LogP contribution in [0.15, 0.2) is 64.4 Å². The van der Waals surface area contributed by atoms with Crippen LogP contribution >= 0.6 is 11.8 Å². The number of amides is 1. The summed E-state index contributed by atoms with van der Waals surface area (Å²) in [7, 11) is 0. The van der Waals surface area contributed by atoms with Gasteiger partial charge in [-0.25, -0.2) is 4.79 Å². The predicted molar refractivity (Wildman–Crippen MR) is 141 cm³/mol. The normalized spacial score (nSPS) is 15.4. The molecular weight excluding hydrogens is 486 g/mol. The summed E-state index contributed by atoms with van der Waals surface area (Å²) in [5.74, 6) is 0.623. The molecule has 9 heteroatoms. The Hall–Kier alpha value is -3.61. The molecule has 1 aliphatic heterocycles. The fourth-order valence-electron chi connectivity index (χ4n) is 4.56. The topological polar surface area (TPSA) is 102 Å². The zero-order valence-corrected chi connectivity index (χ0v) is 22.0. The minimum atomic E-state index is -0.572. The number of nitrogens with one attached hydrogen (secondary N) is 1. The summed E-state index contributed by atoms with van der Waals surface area (Å²) in [5, 5.41) is 22.3. The van der Waals surface area contributed by atoms with Crippen LogP contribution in [0.4, 0.5) is 4.79 Å². The van der Waals surface area contributed by atoms with Gasteiger partial charge >= 0.3 is 6.09 Å². The summed E-state index contributed by atoms with van der Waals surface area (Å²) in [6.45, 7) is 6.90. The third kappa shape index (κ3) is 5.41. The van der Waals surface area contributed by atoms with Crippen molar-refractivity contribution in [3.8, 4) is 6.07 Å². The van der Waals surface area contributed by atoms with Crippen molar-refractivity contribution in [2.75, 3.05) is 13.2 Å². The van der Waals surface area contributed by atoms with Gasteiger partial charge in [0, 0.05) is 23.0 Å². The molecule has 1 aliphatic rings. The molecule has 0 atom stereocenters. The van der Waals surface area contributed by atoms with Crippen molar-refractivity contribution in [1.82, 2.24) is 19.9 Å². The van der Waals surface area contributed by atoms with E-state index in [1.54, 1.807) is 11.8 Å². The molecule has 5 rings (SSSR count). The quantitative estimate of drug-likeness (QED) is 0.367. The number of hydrogen-bond donors (Lipinski definition) is 1. The highest BCUT2D eigenvalue weighted by Crippen LogP contribution is 2.37. The largest absolute Gasteiger partial charge is 0.444 e. The lowest BCUT2D eigenvalue weighted by molar-refractivity contribution is 0.0522. The maximum atomic E-state index is 12.1. The second-order valence-corrected chi connectivity index (χ2v) is 11.3. The summed E-state index contributed by atoms with van der Waals surface area (Å²) in [6, 6.07) is 21.0. The Balaban J connectivity index is 1.39. The van der Waals surface area contributed by atoms with Gasteiger partial charge in [0.2, 0.25) is 0 Å². The molecule has 190 valence electrons. The maximum absolute atomic E-state index is 12.1. The van der Waals surface area contributed by atoms with Gasteiger partial charge in [0.1, 0.15) is 5.60 Å². The zero-order chi connectivity index (χ0) is 26.0. The number of aromatic nitrogens is 3. The van der Waals surface area contributed by atoms with E-state index in [4.69, 9.17) is 9.47 Å². The molecule has 0 radical (unpaired) electrons. The van der Waals surface area contributed by atoms with Crippen molar-refractivity contribution in [3.05, 3.63) is 66.0 Å². The van der Waals surface area contributed by atoms with E-state index in [9.17, 15) is 10.1 Å². The lowest BCUT2D eigenvalue weighted by Crippen LogP contribution is -2.32. The van der Waals surface area contributed by atoms with Crippen LogP contribution < -0.4 is 5.32 Å². The third-order valence-corrected chi connectivity index (χ3v) is 7.36. The average molecular weight is 516 g/mol. The van der Waals surface area contributed by atoms with Crippen LogP contribution in [0.25, 0.3) is 16.6 Å². The van der Waals surface area contributed by atoms with E-state index >= 15 is 0 Å². The molecule has 1 fully saturated rings. The van der Waals surface area contributed by atoms with Crippen molar-refractivity contribution in [1.29, 1.82) is 5.26 Å². The highest BCUT2D eigenvalue weighted by Gasteiger charge is 2.34. The minimum Gasteiger partial charge on any atom is -0.444 e. The van der Waals surface area contributed by atoms with Crippen LogP contribution in [-0.4, -0.2) is 39.5 Å². The monoisotopic (exact) mass is 515 g/mol. The molecule has 3 heterocycles. The van der Waals surface area contributed by atoms with E-state index in [-0.39, 0.29) is 6.54 Å². The van der Waals surface area contributed by atoms with Gasteiger partial charge in [-0.15, -0.1) is 10.2 Å². The van der Waals surface area contributed by atoms with Crippen molar-refractivity contribution >= 4 is 34.4 Å². The average Bonchev–Trinajstić information content (AvgIpc) is 3.30. The fraction of sp³-hybridized carbons (Fsp3) is 0.357. The first-order chi connectivity index (χ1) is 17.8. The molecule has 0 saturated carbocycles. The standard InChI is InChI=1S/C28H29N5O3S/c1-27(2,3)36-26(34)30-17-25-32-31-24-10-7-19-15-22(8-9-23(19)33(24)25)37-21-6-4-5-20(16-21)28(18-29)11-13-35-14-12-28/h4-10,15-16H,11-14,17H2,1-3H3,(H,30,34). The molecule has 2 aromatic heterocycles. The smallest absolute Gasteiger partial charge is 0.408 e. The van der Waals surface area contributed by atoms with Gasteiger partial charge < -0.3 is 14.8 Å². The summed E-state index contributed by atoms with van der Waals surface area (Å²) < 4.78 is 12.8. The van der Waals surface area contributed by atoms with E-state index in [0.717, 1.165) is 26.3 Å². The van der Waals surface area contributed by atoms with Crippen LogP contribution in [0.3, 0.4) is 0 Å². The second-order valence-electron chi connectivity index (χ2n) is 10.2. The Morgan fingerprint density at radius 3 is 2.68 bits per heavy atom. The number of alkyl carbamates (subject to hydrolysis) is 1. The van der Waals surface area contributed by atoms with Gasteiger partial charge in [0.25, 0.3) is 0 Å². The van der Waals surface area contributed by atoms with Crippen molar-refractivity contribution in [2.45, 2.75) is 61.0 Å². The third-order valence-electron chi connectivity index (χ3n) is 6.38. The van der Waals surface area contributed by atoms with Gasteiger partial charge in [0.15, 0.2) is 11.5 Å². The molecule has 1 amide bonds. The Kier molecular flexibility index (Phi) is 6.80. The number of ether oxygens (including phenoxy) is 2. The van der Waals surface area contributed by atoms with Gasteiger partial charge in [-0.3, -0.25) is 4.40 Å². The van der Waals surface area contributed by atoms with Crippen molar-refractivity contribution < 1.29 is 14.3 Å². The number of rotatable bonds is 5. The van der Waals surface area contributed by atoms with Crippen molar-refractivity contribution in [2.24, 2.45) is 0 Å². The van der Waals surface area contributed by atoms with Gasteiger partial charge in [-0.1, -0.05) is 23.9 Å². The lowest BCUT2D eigenvalue weighted by Gasteiger charge is -2.31. The number of carbonyl (C=O) groups is 1. The van der Waals surface area contributed by atoms with Gasteiger partial charge in [-0.05, 0) is 87.0 Å². The van der Waals surface area contributed by atoms with Crippen LogP contribution in [0.5, 0.6) is 0 Å². The Morgan fingerprint density at radius 1 is 1.14 bits per heavy atom. The molecule has 0 spiro atoms. The Bertz CT molecular complexity index is 1500. The number of nitriles is 1. The first kappa shape index (κ1) is 25.1. The Morgan fingerprint density at radius 2 is 1.92 bits per heavy atom. The van der Waals surface area contributed by atoms with E-state index in [1.165, 1.54) is 0 Å².